The minimum atomic E-state index is -3.71. The van der Waals surface area contributed by atoms with Crippen LogP contribution in [0.4, 0.5) is 20.7 Å². The molecule has 0 fully saturated rings. The average molecular weight is 383 g/mol. The first kappa shape index (κ1) is 16.4. The summed E-state index contributed by atoms with van der Waals surface area (Å²) < 4.78 is 35.5. The van der Waals surface area contributed by atoms with Gasteiger partial charge >= 0.3 is 6.29 Å². The Morgan fingerprint density at radius 2 is 1.75 bits per heavy atom. The van der Waals surface area contributed by atoms with Crippen molar-refractivity contribution in [1.29, 1.82) is 0 Å². The predicted molar refractivity (Wildman–Crippen MR) is 96.1 cm³/mol. The SMILES string of the molecule is Cc1nc(Nc2nc3ccccc3c(=O)[nH]2)nc2cc3c(cc12)OC(F)(F)O3. The van der Waals surface area contributed by atoms with E-state index < -0.39 is 6.29 Å². The Balaban J connectivity index is 1.57. The number of rotatable bonds is 2. The minimum Gasteiger partial charge on any atom is -0.395 e. The molecule has 2 N–H and O–H groups in total. The summed E-state index contributed by atoms with van der Waals surface area (Å²) in [4.78, 5) is 27.7. The van der Waals surface area contributed by atoms with Gasteiger partial charge in [-0.15, -0.1) is 8.78 Å². The van der Waals surface area contributed by atoms with Crippen molar-refractivity contribution in [3.8, 4) is 11.5 Å². The maximum atomic E-state index is 13.3. The summed E-state index contributed by atoms with van der Waals surface area (Å²) in [5.41, 5.74) is 1.10. The molecule has 5 rings (SSSR count). The Hall–Kier alpha value is -3.82. The van der Waals surface area contributed by atoms with E-state index >= 15 is 0 Å². The topological polar surface area (TPSA) is 102 Å². The molecule has 4 aromatic rings. The van der Waals surface area contributed by atoms with Gasteiger partial charge in [-0.05, 0) is 25.1 Å². The molecule has 1 aliphatic heterocycles. The zero-order chi connectivity index (χ0) is 19.5. The van der Waals surface area contributed by atoms with E-state index in [4.69, 9.17) is 0 Å². The van der Waals surface area contributed by atoms with Crippen LogP contribution in [0.3, 0.4) is 0 Å². The van der Waals surface area contributed by atoms with Crippen molar-refractivity contribution in [3.63, 3.8) is 0 Å². The molecule has 0 saturated carbocycles. The third-order valence-corrected chi connectivity index (χ3v) is 4.25. The molecule has 0 unspecified atom stereocenters. The zero-order valence-corrected chi connectivity index (χ0v) is 14.3. The number of nitrogens with one attached hydrogen (secondary N) is 2. The van der Waals surface area contributed by atoms with Crippen LogP contribution in [0.15, 0.2) is 41.2 Å². The summed E-state index contributed by atoms with van der Waals surface area (Å²) in [6.07, 6.45) is -3.71. The van der Waals surface area contributed by atoms with Crippen LogP contribution in [0.2, 0.25) is 0 Å². The highest BCUT2D eigenvalue weighted by molar-refractivity contribution is 5.86. The highest BCUT2D eigenvalue weighted by Crippen LogP contribution is 2.43. The number of hydrogen-bond acceptors (Lipinski definition) is 7. The molecule has 0 saturated heterocycles. The maximum Gasteiger partial charge on any atom is 0.586 e. The lowest BCUT2D eigenvalue weighted by Gasteiger charge is -2.08. The Kier molecular flexibility index (Phi) is 3.26. The molecule has 0 bridgehead atoms. The van der Waals surface area contributed by atoms with Crippen LogP contribution in [0, 0.1) is 6.92 Å². The van der Waals surface area contributed by atoms with E-state index in [0.29, 0.717) is 27.5 Å². The Morgan fingerprint density at radius 1 is 1.00 bits per heavy atom. The van der Waals surface area contributed by atoms with E-state index in [0.717, 1.165) is 0 Å². The van der Waals surface area contributed by atoms with Crippen LogP contribution in [-0.2, 0) is 0 Å². The number of alkyl halides is 2. The van der Waals surface area contributed by atoms with Crippen LogP contribution in [0.25, 0.3) is 21.8 Å². The van der Waals surface area contributed by atoms with Gasteiger partial charge in [0.1, 0.15) is 0 Å². The van der Waals surface area contributed by atoms with E-state index in [1.54, 1.807) is 31.2 Å². The maximum absolute atomic E-state index is 13.3. The van der Waals surface area contributed by atoms with Crippen LogP contribution in [0.1, 0.15) is 5.69 Å². The minimum absolute atomic E-state index is 0.0783. The van der Waals surface area contributed by atoms with Gasteiger partial charge in [-0.3, -0.25) is 15.1 Å². The smallest absolute Gasteiger partial charge is 0.395 e. The number of para-hydroxylation sites is 1. The van der Waals surface area contributed by atoms with E-state index in [1.165, 1.54) is 12.1 Å². The van der Waals surface area contributed by atoms with Gasteiger partial charge in [0.2, 0.25) is 11.9 Å². The van der Waals surface area contributed by atoms with Gasteiger partial charge in [0.25, 0.3) is 5.56 Å². The van der Waals surface area contributed by atoms with Crippen LogP contribution in [0.5, 0.6) is 11.5 Å². The quantitative estimate of drug-likeness (QED) is 0.548. The normalized spacial score (nSPS) is 14.5. The fourth-order valence-electron chi connectivity index (χ4n) is 3.03. The largest absolute Gasteiger partial charge is 0.586 e. The number of ether oxygens (including phenoxy) is 2. The van der Waals surface area contributed by atoms with Gasteiger partial charge in [0.05, 0.1) is 22.1 Å². The molecule has 1 aliphatic rings. The molecule has 3 heterocycles. The van der Waals surface area contributed by atoms with Crippen molar-refractivity contribution < 1.29 is 18.3 Å². The summed E-state index contributed by atoms with van der Waals surface area (Å²) in [6.45, 7) is 1.70. The summed E-state index contributed by atoms with van der Waals surface area (Å²) in [7, 11) is 0. The lowest BCUT2D eigenvalue weighted by molar-refractivity contribution is -0.286. The summed E-state index contributed by atoms with van der Waals surface area (Å²) in [5.74, 6) is 0.119. The third-order valence-electron chi connectivity index (χ3n) is 4.25. The molecule has 0 radical (unpaired) electrons. The number of halogens is 2. The highest BCUT2D eigenvalue weighted by atomic mass is 19.3. The number of fused-ring (bicyclic) bond motifs is 3. The van der Waals surface area contributed by atoms with Gasteiger partial charge in [0, 0.05) is 11.5 Å². The molecule has 28 heavy (non-hydrogen) atoms. The molecule has 0 aliphatic carbocycles. The van der Waals surface area contributed by atoms with Gasteiger partial charge in [-0.2, -0.15) is 0 Å². The van der Waals surface area contributed by atoms with Gasteiger partial charge in [-0.25, -0.2) is 15.0 Å². The number of benzene rings is 2. The molecule has 0 spiro atoms. The molecule has 10 heteroatoms. The average Bonchev–Trinajstić information content (AvgIpc) is 2.93. The predicted octanol–water partition coefficient (Wildman–Crippen LogP) is 3.24. The fraction of sp³-hybridized carbons (Fsp3) is 0.111. The second kappa shape index (κ2) is 5.59. The van der Waals surface area contributed by atoms with Gasteiger partial charge < -0.3 is 9.47 Å². The van der Waals surface area contributed by atoms with Crippen LogP contribution in [-0.4, -0.2) is 26.2 Å². The van der Waals surface area contributed by atoms with Gasteiger partial charge in [0.15, 0.2) is 11.5 Å². The lowest BCUT2D eigenvalue weighted by Crippen LogP contribution is -2.25. The van der Waals surface area contributed by atoms with Crippen molar-refractivity contribution >= 4 is 33.7 Å². The van der Waals surface area contributed by atoms with Crippen LogP contribution < -0.4 is 20.3 Å². The van der Waals surface area contributed by atoms with Crippen molar-refractivity contribution in [1.82, 2.24) is 19.9 Å². The molecule has 0 amide bonds. The van der Waals surface area contributed by atoms with Crippen molar-refractivity contribution in [3.05, 3.63) is 52.4 Å². The highest BCUT2D eigenvalue weighted by Gasteiger charge is 2.43. The molecule has 0 atom stereocenters. The molecule has 8 nitrogen and oxygen atoms in total. The molecule has 2 aromatic carbocycles. The van der Waals surface area contributed by atoms with Gasteiger partial charge in [-0.1, -0.05) is 12.1 Å². The van der Waals surface area contributed by atoms with Crippen molar-refractivity contribution in [2.45, 2.75) is 13.2 Å². The van der Waals surface area contributed by atoms with E-state index in [2.05, 4.69) is 34.7 Å². The molecule has 2 aromatic heterocycles. The number of nitrogens with zero attached hydrogens (tertiary/aromatic N) is 3. The monoisotopic (exact) mass is 383 g/mol. The Bertz CT molecular complexity index is 1320. The number of aromatic nitrogens is 4. The second-order valence-corrected chi connectivity index (χ2v) is 6.17. The van der Waals surface area contributed by atoms with Crippen molar-refractivity contribution in [2.24, 2.45) is 0 Å². The summed E-state index contributed by atoms with van der Waals surface area (Å²) in [6, 6.07) is 9.65. The molecular formula is C18H11F2N5O3. The van der Waals surface area contributed by atoms with E-state index in [1.807, 2.05) is 0 Å². The lowest BCUT2D eigenvalue weighted by atomic mass is 10.2. The molecule has 140 valence electrons. The number of aromatic amines is 1. The van der Waals surface area contributed by atoms with E-state index in [9.17, 15) is 13.6 Å². The molecular weight excluding hydrogens is 372 g/mol. The van der Waals surface area contributed by atoms with Crippen LogP contribution >= 0.6 is 0 Å². The number of aryl methyl sites for hydroxylation is 1. The van der Waals surface area contributed by atoms with E-state index in [-0.39, 0.29) is 29.0 Å². The second-order valence-electron chi connectivity index (χ2n) is 6.17. The summed E-state index contributed by atoms with van der Waals surface area (Å²) >= 11 is 0. The fourth-order valence-corrected chi connectivity index (χ4v) is 3.03. The first-order valence-electron chi connectivity index (χ1n) is 8.22. The standard InChI is InChI=1S/C18H11F2N5O3/c1-8-10-6-13-14(28-18(19,20)27-13)7-12(10)23-16(21-8)25-17-22-11-5-3-2-4-9(11)15(26)24-17/h2-7H,1H3,(H2,21,22,23,24,25,26). The summed E-state index contributed by atoms with van der Waals surface area (Å²) in [5, 5.41) is 3.83. The number of hydrogen-bond donors (Lipinski definition) is 2. The Labute approximate surface area is 155 Å². The first-order valence-corrected chi connectivity index (χ1v) is 8.22. The number of anilines is 2. The number of H-pyrrole nitrogens is 1. The zero-order valence-electron chi connectivity index (χ0n) is 14.3. The van der Waals surface area contributed by atoms with Crippen molar-refractivity contribution in [2.75, 3.05) is 5.32 Å². The third kappa shape index (κ3) is 2.66. The first-order chi connectivity index (χ1) is 13.4. The Morgan fingerprint density at radius 3 is 2.57 bits per heavy atom.